The van der Waals surface area contributed by atoms with Gasteiger partial charge in [0.2, 0.25) is 0 Å². The van der Waals surface area contributed by atoms with Gasteiger partial charge in [0, 0.05) is 6.61 Å². The van der Waals surface area contributed by atoms with Crippen LogP contribution in [0.3, 0.4) is 0 Å². The Kier molecular flexibility index (Phi) is 4.15. The molecule has 5 heteroatoms. The smallest absolute Gasteiger partial charge is 0.150 e. The maximum atomic E-state index is 11.4. The Bertz CT molecular complexity index is 232. The van der Waals surface area contributed by atoms with E-state index in [1.54, 1.807) is 0 Å². The molecule has 1 saturated heterocycles. The molecule has 0 saturated carbocycles. The molecule has 0 aromatic carbocycles. The summed E-state index contributed by atoms with van der Waals surface area (Å²) >= 11 is 0. The summed E-state index contributed by atoms with van der Waals surface area (Å²) < 4.78 is 28.0. The minimum Gasteiger partial charge on any atom is -0.381 e. The van der Waals surface area contributed by atoms with Gasteiger partial charge in [-0.1, -0.05) is 0 Å². The predicted molar refractivity (Wildman–Crippen MR) is 51.3 cm³/mol. The zero-order valence-corrected chi connectivity index (χ0v) is 8.55. The van der Waals surface area contributed by atoms with Crippen molar-refractivity contribution in [1.82, 2.24) is 0 Å². The summed E-state index contributed by atoms with van der Waals surface area (Å²) in [6.07, 6.45) is 1.44. The van der Waals surface area contributed by atoms with Crippen molar-refractivity contribution in [3.8, 4) is 0 Å². The van der Waals surface area contributed by atoms with Crippen LogP contribution < -0.4 is 5.73 Å². The second-order valence-corrected chi connectivity index (χ2v) is 5.71. The highest BCUT2D eigenvalue weighted by atomic mass is 32.2. The topological polar surface area (TPSA) is 69.4 Å². The molecule has 1 heterocycles. The average molecular weight is 207 g/mol. The summed E-state index contributed by atoms with van der Waals surface area (Å²) in [5, 5.41) is 0. The summed E-state index contributed by atoms with van der Waals surface area (Å²) in [6, 6.07) is 0. The molecule has 0 aromatic rings. The van der Waals surface area contributed by atoms with Crippen molar-refractivity contribution in [3.63, 3.8) is 0 Å². The van der Waals surface area contributed by atoms with Crippen molar-refractivity contribution in [2.75, 3.05) is 31.3 Å². The fraction of sp³-hybridized carbons (Fsp3) is 1.00. The predicted octanol–water partition coefficient (Wildman–Crippen LogP) is -0.214. The molecule has 4 nitrogen and oxygen atoms in total. The number of ether oxygens (including phenoxy) is 1. The molecule has 1 rings (SSSR count). The molecule has 0 bridgehead atoms. The van der Waals surface area contributed by atoms with Crippen LogP contribution in [0.5, 0.6) is 0 Å². The van der Waals surface area contributed by atoms with Gasteiger partial charge in [-0.15, -0.1) is 0 Å². The minimum absolute atomic E-state index is 0.211. The van der Waals surface area contributed by atoms with E-state index in [2.05, 4.69) is 0 Å². The zero-order chi connectivity index (χ0) is 9.73. The number of hydrogen-bond donors (Lipinski definition) is 1. The summed E-state index contributed by atoms with van der Waals surface area (Å²) in [5.41, 5.74) is 5.25. The van der Waals surface area contributed by atoms with Crippen molar-refractivity contribution in [2.45, 2.75) is 12.8 Å². The van der Waals surface area contributed by atoms with E-state index in [0.29, 0.717) is 26.2 Å². The first-order valence-corrected chi connectivity index (χ1v) is 6.44. The highest BCUT2D eigenvalue weighted by Gasteiger charge is 2.22. The second kappa shape index (κ2) is 4.93. The van der Waals surface area contributed by atoms with Gasteiger partial charge >= 0.3 is 0 Å². The fourth-order valence-electron chi connectivity index (χ4n) is 1.46. The normalized spacial score (nSPS) is 23.6. The lowest BCUT2D eigenvalue weighted by atomic mass is 10.2. The molecule has 0 aromatic heterocycles. The Morgan fingerprint density at radius 3 is 2.77 bits per heavy atom. The van der Waals surface area contributed by atoms with E-state index in [9.17, 15) is 8.42 Å². The minimum atomic E-state index is -2.89. The summed E-state index contributed by atoms with van der Waals surface area (Å²) in [4.78, 5) is 0. The van der Waals surface area contributed by atoms with Crippen LogP contribution in [0, 0.1) is 5.92 Å². The number of rotatable bonds is 5. The Labute approximate surface area is 79.4 Å². The quantitative estimate of drug-likeness (QED) is 0.677. The summed E-state index contributed by atoms with van der Waals surface area (Å²) in [5.74, 6) is 0.704. The lowest BCUT2D eigenvalue weighted by Crippen LogP contribution is -2.20. The van der Waals surface area contributed by atoms with Crippen LogP contribution in [0.4, 0.5) is 0 Å². The Hall–Kier alpha value is -0.130. The van der Waals surface area contributed by atoms with Gasteiger partial charge in [-0.2, -0.15) is 0 Å². The number of nitrogens with two attached hydrogens (primary N) is 1. The third-order valence-electron chi connectivity index (χ3n) is 2.17. The van der Waals surface area contributed by atoms with E-state index < -0.39 is 9.84 Å². The first kappa shape index (κ1) is 10.9. The van der Waals surface area contributed by atoms with E-state index in [4.69, 9.17) is 10.5 Å². The molecule has 1 aliphatic rings. The Balaban J connectivity index is 2.32. The van der Waals surface area contributed by atoms with Crippen LogP contribution >= 0.6 is 0 Å². The van der Waals surface area contributed by atoms with Gasteiger partial charge in [0.1, 0.15) is 0 Å². The molecule has 78 valence electrons. The van der Waals surface area contributed by atoms with Gasteiger partial charge in [0.05, 0.1) is 18.1 Å². The first-order valence-electron chi connectivity index (χ1n) is 4.62. The van der Waals surface area contributed by atoms with Crippen LogP contribution in [0.2, 0.25) is 0 Å². The molecule has 1 aliphatic heterocycles. The molecular formula is C8H17NO3S. The van der Waals surface area contributed by atoms with E-state index in [-0.39, 0.29) is 17.4 Å². The van der Waals surface area contributed by atoms with Gasteiger partial charge in [-0.05, 0) is 25.3 Å². The number of hydrogen-bond acceptors (Lipinski definition) is 4. The molecule has 0 amide bonds. The van der Waals surface area contributed by atoms with E-state index in [1.165, 1.54) is 0 Å². The van der Waals surface area contributed by atoms with Gasteiger partial charge < -0.3 is 10.5 Å². The van der Waals surface area contributed by atoms with Gasteiger partial charge in [0.25, 0.3) is 0 Å². The SMILES string of the molecule is NCCCS(=O)(=O)CC1CCOC1. The van der Waals surface area contributed by atoms with Gasteiger partial charge in [0.15, 0.2) is 9.84 Å². The Morgan fingerprint density at radius 1 is 1.46 bits per heavy atom. The Morgan fingerprint density at radius 2 is 2.23 bits per heavy atom. The van der Waals surface area contributed by atoms with Crippen molar-refractivity contribution >= 4 is 9.84 Å². The molecule has 1 unspecified atom stereocenters. The molecular weight excluding hydrogens is 190 g/mol. The molecule has 0 aliphatic carbocycles. The third-order valence-corrected chi connectivity index (χ3v) is 4.06. The maximum absolute atomic E-state index is 11.4. The summed E-state index contributed by atoms with van der Waals surface area (Å²) in [6.45, 7) is 1.75. The number of sulfone groups is 1. The van der Waals surface area contributed by atoms with Gasteiger partial charge in [-0.3, -0.25) is 0 Å². The van der Waals surface area contributed by atoms with Crippen molar-refractivity contribution < 1.29 is 13.2 Å². The van der Waals surface area contributed by atoms with Crippen LogP contribution in [-0.4, -0.2) is 39.7 Å². The van der Waals surface area contributed by atoms with Crippen molar-refractivity contribution in [3.05, 3.63) is 0 Å². The van der Waals surface area contributed by atoms with Crippen molar-refractivity contribution in [2.24, 2.45) is 11.7 Å². The lowest BCUT2D eigenvalue weighted by Gasteiger charge is -2.07. The maximum Gasteiger partial charge on any atom is 0.150 e. The highest BCUT2D eigenvalue weighted by molar-refractivity contribution is 7.91. The molecule has 1 fully saturated rings. The monoisotopic (exact) mass is 207 g/mol. The molecule has 0 radical (unpaired) electrons. The van der Waals surface area contributed by atoms with E-state index >= 15 is 0 Å². The van der Waals surface area contributed by atoms with Gasteiger partial charge in [-0.25, -0.2) is 8.42 Å². The van der Waals surface area contributed by atoms with E-state index in [1.807, 2.05) is 0 Å². The molecule has 13 heavy (non-hydrogen) atoms. The third kappa shape index (κ3) is 4.06. The average Bonchev–Trinajstić information content (AvgIpc) is 2.52. The molecule has 1 atom stereocenters. The summed E-state index contributed by atoms with van der Waals surface area (Å²) in [7, 11) is -2.89. The molecule has 0 spiro atoms. The van der Waals surface area contributed by atoms with Crippen LogP contribution in [-0.2, 0) is 14.6 Å². The van der Waals surface area contributed by atoms with Crippen LogP contribution in [0.25, 0.3) is 0 Å². The molecule has 2 N–H and O–H groups in total. The van der Waals surface area contributed by atoms with Crippen LogP contribution in [0.15, 0.2) is 0 Å². The second-order valence-electron chi connectivity index (χ2n) is 3.49. The van der Waals surface area contributed by atoms with Crippen LogP contribution in [0.1, 0.15) is 12.8 Å². The standard InChI is InChI=1S/C8H17NO3S/c9-3-1-5-13(10,11)7-8-2-4-12-6-8/h8H,1-7,9H2. The highest BCUT2D eigenvalue weighted by Crippen LogP contribution is 2.15. The zero-order valence-electron chi connectivity index (χ0n) is 7.74. The first-order chi connectivity index (χ1) is 6.14. The largest absolute Gasteiger partial charge is 0.381 e. The lowest BCUT2D eigenvalue weighted by molar-refractivity contribution is 0.188. The van der Waals surface area contributed by atoms with E-state index in [0.717, 1.165) is 6.42 Å². The fourth-order valence-corrected chi connectivity index (χ4v) is 3.21. The van der Waals surface area contributed by atoms with Crippen molar-refractivity contribution in [1.29, 1.82) is 0 Å².